The molecule has 0 spiro atoms. The maximum Gasteiger partial charge on any atom is 0.175 e. The number of hydrazone groups is 1. The van der Waals surface area contributed by atoms with Crippen LogP contribution >= 0.6 is 0 Å². The van der Waals surface area contributed by atoms with E-state index in [-0.39, 0.29) is 4.90 Å². The Balaban J connectivity index is 2.17. The summed E-state index contributed by atoms with van der Waals surface area (Å²) in [4.78, 5) is 0.272. The summed E-state index contributed by atoms with van der Waals surface area (Å²) < 4.78 is 33.4. The van der Waals surface area contributed by atoms with Gasteiger partial charge < -0.3 is 9.47 Å². The van der Waals surface area contributed by atoms with Crippen molar-refractivity contribution in [3.63, 3.8) is 0 Å². The minimum absolute atomic E-state index is 0.272. The molecule has 0 heterocycles. The normalized spacial score (nSPS) is 11.9. The van der Waals surface area contributed by atoms with Crippen LogP contribution in [0.3, 0.4) is 0 Å². The molecule has 0 aliphatic carbocycles. The van der Waals surface area contributed by atoms with Gasteiger partial charge in [0.1, 0.15) is 0 Å². The summed E-state index contributed by atoms with van der Waals surface area (Å²) >= 11 is 0. The van der Waals surface area contributed by atoms with Crippen LogP contribution in [0.15, 0.2) is 52.5 Å². The lowest BCUT2D eigenvalue weighted by Gasteiger charge is -2.10. The topological polar surface area (TPSA) is 77.0 Å². The van der Waals surface area contributed by atoms with E-state index < -0.39 is 9.84 Å². The summed E-state index contributed by atoms with van der Waals surface area (Å²) in [5.41, 5.74) is 5.24. The van der Waals surface area contributed by atoms with Gasteiger partial charge in [0.15, 0.2) is 21.3 Å². The van der Waals surface area contributed by atoms with Crippen molar-refractivity contribution in [2.45, 2.75) is 11.8 Å². The molecule has 2 aromatic carbocycles. The molecule has 24 heavy (non-hydrogen) atoms. The van der Waals surface area contributed by atoms with Gasteiger partial charge in [-0.3, -0.25) is 5.43 Å². The van der Waals surface area contributed by atoms with E-state index in [0.29, 0.717) is 17.2 Å². The largest absolute Gasteiger partial charge is 0.493 e. The lowest BCUT2D eigenvalue weighted by Crippen LogP contribution is -2.01. The molecule has 0 atom stereocenters. The zero-order valence-corrected chi connectivity index (χ0v) is 14.8. The Morgan fingerprint density at radius 3 is 2.17 bits per heavy atom. The highest BCUT2D eigenvalue weighted by Gasteiger charge is 2.07. The molecule has 0 aliphatic heterocycles. The predicted octanol–water partition coefficient (Wildman–Crippen LogP) is 2.94. The Morgan fingerprint density at radius 1 is 1.00 bits per heavy atom. The summed E-state index contributed by atoms with van der Waals surface area (Å²) in [7, 11) is -0.0349. The van der Waals surface area contributed by atoms with Gasteiger partial charge in [-0.15, -0.1) is 0 Å². The maximum absolute atomic E-state index is 11.4. The fourth-order valence-electron chi connectivity index (χ4n) is 2.05. The second-order valence-electron chi connectivity index (χ2n) is 5.18. The summed E-state index contributed by atoms with van der Waals surface area (Å²) in [6.45, 7) is 1.86. The van der Waals surface area contributed by atoms with E-state index in [9.17, 15) is 8.42 Å². The standard InChI is InChI=1S/C17H20N2O4S/c1-12(13-5-10-16(22-2)17(11-13)23-3)18-19-14-6-8-15(9-7-14)24(4,20)21/h5-11,19H,1-4H3/b18-12+. The van der Waals surface area contributed by atoms with Crippen molar-refractivity contribution in [3.8, 4) is 11.5 Å². The van der Waals surface area contributed by atoms with Crippen LogP contribution in [0.5, 0.6) is 11.5 Å². The Kier molecular flexibility index (Phi) is 5.46. The molecule has 0 bridgehead atoms. The van der Waals surface area contributed by atoms with E-state index in [1.807, 2.05) is 25.1 Å². The first kappa shape index (κ1) is 17.8. The van der Waals surface area contributed by atoms with Crippen LogP contribution in [-0.4, -0.2) is 34.6 Å². The van der Waals surface area contributed by atoms with E-state index in [0.717, 1.165) is 11.3 Å². The number of hydrogen-bond acceptors (Lipinski definition) is 6. The minimum atomic E-state index is -3.20. The van der Waals surface area contributed by atoms with Gasteiger partial charge in [0, 0.05) is 11.8 Å². The van der Waals surface area contributed by atoms with Crippen molar-refractivity contribution in [1.29, 1.82) is 0 Å². The van der Waals surface area contributed by atoms with Gasteiger partial charge in [-0.2, -0.15) is 5.10 Å². The fraction of sp³-hybridized carbons (Fsp3) is 0.235. The smallest absolute Gasteiger partial charge is 0.175 e. The molecule has 2 aromatic rings. The number of anilines is 1. The fourth-order valence-corrected chi connectivity index (χ4v) is 2.68. The summed E-state index contributed by atoms with van der Waals surface area (Å²) in [5.74, 6) is 1.28. The molecule has 0 saturated carbocycles. The van der Waals surface area contributed by atoms with Gasteiger partial charge in [0.05, 0.1) is 30.5 Å². The Labute approximate surface area is 142 Å². The highest BCUT2D eigenvalue weighted by atomic mass is 32.2. The number of sulfone groups is 1. The maximum atomic E-state index is 11.4. The van der Waals surface area contributed by atoms with Crippen molar-refractivity contribution in [2.75, 3.05) is 25.9 Å². The quantitative estimate of drug-likeness (QED) is 0.641. The molecule has 0 aliphatic rings. The molecule has 1 N–H and O–H groups in total. The van der Waals surface area contributed by atoms with Crippen molar-refractivity contribution >= 4 is 21.2 Å². The number of nitrogens with zero attached hydrogens (tertiary/aromatic N) is 1. The highest BCUT2D eigenvalue weighted by Crippen LogP contribution is 2.27. The molecule has 0 unspecified atom stereocenters. The van der Waals surface area contributed by atoms with Crippen molar-refractivity contribution in [2.24, 2.45) is 5.10 Å². The number of rotatable bonds is 6. The van der Waals surface area contributed by atoms with Crippen molar-refractivity contribution in [3.05, 3.63) is 48.0 Å². The van der Waals surface area contributed by atoms with E-state index >= 15 is 0 Å². The molecule has 0 saturated heterocycles. The third kappa shape index (κ3) is 4.26. The second-order valence-corrected chi connectivity index (χ2v) is 7.19. The monoisotopic (exact) mass is 348 g/mol. The van der Waals surface area contributed by atoms with Crippen molar-refractivity contribution < 1.29 is 17.9 Å². The van der Waals surface area contributed by atoms with Crippen LogP contribution in [0.25, 0.3) is 0 Å². The molecule has 0 radical (unpaired) electrons. The lowest BCUT2D eigenvalue weighted by atomic mass is 10.1. The number of benzene rings is 2. The zero-order chi connectivity index (χ0) is 17.7. The van der Waals surface area contributed by atoms with E-state index in [1.165, 1.54) is 6.26 Å². The first-order chi connectivity index (χ1) is 11.3. The van der Waals surface area contributed by atoms with Gasteiger partial charge in [0.25, 0.3) is 0 Å². The van der Waals surface area contributed by atoms with E-state index in [2.05, 4.69) is 10.5 Å². The third-order valence-electron chi connectivity index (χ3n) is 3.44. The van der Waals surface area contributed by atoms with Gasteiger partial charge in [-0.05, 0) is 49.4 Å². The van der Waals surface area contributed by atoms with Crippen LogP contribution < -0.4 is 14.9 Å². The Bertz CT molecular complexity index is 843. The molecular weight excluding hydrogens is 328 g/mol. The molecule has 7 heteroatoms. The van der Waals surface area contributed by atoms with Crippen LogP contribution in [0.4, 0.5) is 5.69 Å². The van der Waals surface area contributed by atoms with Crippen LogP contribution in [0, 0.1) is 0 Å². The molecular formula is C17H20N2O4S. The average molecular weight is 348 g/mol. The van der Waals surface area contributed by atoms with Gasteiger partial charge in [-0.1, -0.05) is 0 Å². The summed E-state index contributed by atoms with van der Waals surface area (Å²) in [6.07, 6.45) is 1.18. The zero-order valence-electron chi connectivity index (χ0n) is 14.0. The van der Waals surface area contributed by atoms with E-state index in [1.54, 1.807) is 38.5 Å². The van der Waals surface area contributed by atoms with E-state index in [4.69, 9.17) is 9.47 Å². The number of nitrogens with one attached hydrogen (secondary N) is 1. The number of ether oxygens (including phenoxy) is 2. The Hall–Kier alpha value is -2.54. The number of methoxy groups -OCH3 is 2. The third-order valence-corrected chi connectivity index (χ3v) is 4.56. The molecule has 2 rings (SSSR count). The molecule has 0 fully saturated rings. The molecule has 0 amide bonds. The first-order valence-corrected chi connectivity index (χ1v) is 9.07. The molecule has 0 aromatic heterocycles. The Morgan fingerprint density at radius 2 is 1.62 bits per heavy atom. The molecule has 6 nitrogen and oxygen atoms in total. The van der Waals surface area contributed by atoms with Crippen LogP contribution in [0.1, 0.15) is 12.5 Å². The highest BCUT2D eigenvalue weighted by molar-refractivity contribution is 7.90. The summed E-state index contributed by atoms with van der Waals surface area (Å²) in [6, 6.07) is 12.0. The SMILES string of the molecule is COc1ccc(/C(C)=N/Nc2ccc(S(C)(=O)=O)cc2)cc1OC. The minimum Gasteiger partial charge on any atom is -0.493 e. The average Bonchev–Trinajstić information content (AvgIpc) is 2.58. The van der Waals surface area contributed by atoms with Crippen LogP contribution in [0.2, 0.25) is 0 Å². The molecule has 128 valence electrons. The van der Waals surface area contributed by atoms with Gasteiger partial charge >= 0.3 is 0 Å². The van der Waals surface area contributed by atoms with Crippen LogP contribution in [-0.2, 0) is 9.84 Å². The van der Waals surface area contributed by atoms with Gasteiger partial charge in [0.2, 0.25) is 0 Å². The lowest BCUT2D eigenvalue weighted by molar-refractivity contribution is 0.355. The number of hydrogen-bond donors (Lipinski definition) is 1. The predicted molar refractivity (Wildman–Crippen MR) is 94.9 cm³/mol. The van der Waals surface area contributed by atoms with Crippen molar-refractivity contribution in [1.82, 2.24) is 0 Å². The first-order valence-electron chi connectivity index (χ1n) is 7.18. The summed E-state index contributed by atoms with van der Waals surface area (Å²) in [5, 5.41) is 4.31. The van der Waals surface area contributed by atoms with Gasteiger partial charge in [-0.25, -0.2) is 8.42 Å². The second kappa shape index (κ2) is 7.35.